The number of rotatable bonds is 11. The lowest BCUT2D eigenvalue weighted by molar-refractivity contribution is -0.118. The maximum Gasteiger partial charge on any atom is 0.315 e. The van der Waals surface area contributed by atoms with E-state index in [9.17, 15) is 9.59 Å². The maximum atomic E-state index is 12.1. The molecule has 0 aromatic carbocycles. The second-order valence-electron chi connectivity index (χ2n) is 9.40. The van der Waals surface area contributed by atoms with Crippen LogP contribution in [0.1, 0.15) is 43.9 Å². The molecule has 4 aromatic rings. The topological polar surface area (TPSA) is 111 Å². The molecule has 1 aliphatic carbocycles. The SMILES string of the molecule is CCCN(Cc1ccc(-c2cc3nccc(Oc4ccc(CC(=O)CC5CC5)nc4)c3s2)nc1)C(N)=O. The molecular weight excluding hydrogens is 486 g/mol. The number of thiophene rings is 1. The molecule has 0 atom stereocenters. The largest absolute Gasteiger partial charge is 0.454 e. The van der Waals surface area contributed by atoms with Gasteiger partial charge in [0, 0.05) is 50.1 Å². The molecule has 0 spiro atoms. The van der Waals surface area contributed by atoms with Crippen LogP contribution in [-0.2, 0) is 17.8 Å². The Morgan fingerprint density at radius 2 is 1.97 bits per heavy atom. The number of aromatic nitrogens is 3. The van der Waals surface area contributed by atoms with Crippen LogP contribution >= 0.6 is 11.3 Å². The van der Waals surface area contributed by atoms with E-state index in [0.717, 1.165) is 38.5 Å². The van der Waals surface area contributed by atoms with E-state index in [2.05, 4.69) is 15.0 Å². The fourth-order valence-electron chi connectivity index (χ4n) is 4.16. The number of nitrogens with zero attached hydrogens (tertiary/aromatic N) is 4. The Hall–Kier alpha value is -3.85. The predicted octanol–water partition coefficient (Wildman–Crippen LogP) is 5.75. The second kappa shape index (κ2) is 11.0. The van der Waals surface area contributed by atoms with Gasteiger partial charge in [0.1, 0.15) is 17.3 Å². The summed E-state index contributed by atoms with van der Waals surface area (Å²) >= 11 is 1.55. The Balaban J connectivity index is 1.28. The van der Waals surface area contributed by atoms with Crippen molar-refractivity contribution in [2.75, 3.05) is 6.54 Å². The van der Waals surface area contributed by atoms with Gasteiger partial charge < -0.3 is 15.4 Å². The predicted molar refractivity (Wildman–Crippen MR) is 143 cm³/mol. The summed E-state index contributed by atoms with van der Waals surface area (Å²) in [7, 11) is 0. The number of hydrogen-bond acceptors (Lipinski definition) is 7. The summed E-state index contributed by atoms with van der Waals surface area (Å²) in [5.74, 6) is 2.13. The van der Waals surface area contributed by atoms with Gasteiger partial charge in [0.15, 0.2) is 0 Å². The first-order chi connectivity index (χ1) is 18.0. The normalized spacial score (nSPS) is 13.0. The summed E-state index contributed by atoms with van der Waals surface area (Å²) in [5.41, 5.74) is 8.81. The van der Waals surface area contributed by atoms with Crippen LogP contribution in [0, 0.1) is 5.92 Å². The number of carbonyl (C=O) groups is 2. The van der Waals surface area contributed by atoms with Gasteiger partial charge in [0.25, 0.3) is 0 Å². The molecule has 4 aromatic heterocycles. The highest BCUT2D eigenvalue weighted by atomic mass is 32.1. The van der Waals surface area contributed by atoms with E-state index in [1.165, 1.54) is 12.8 Å². The molecule has 0 saturated heterocycles. The number of hydrogen-bond donors (Lipinski definition) is 1. The molecule has 4 heterocycles. The van der Waals surface area contributed by atoms with E-state index in [-0.39, 0.29) is 5.78 Å². The van der Waals surface area contributed by atoms with Crippen molar-refractivity contribution in [3.8, 4) is 22.1 Å². The summed E-state index contributed by atoms with van der Waals surface area (Å²) in [6, 6.07) is 11.0. The number of amides is 2. The van der Waals surface area contributed by atoms with Crippen molar-refractivity contribution in [3.63, 3.8) is 0 Å². The molecule has 1 fully saturated rings. The summed E-state index contributed by atoms with van der Waals surface area (Å²) < 4.78 is 7.05. The molecule has 0 unspecified atom stereocenters. The van der Waals surface area contributed by atoms with Crippen molar-refractivity contribution in [1.29, 1.82) is 0 Å². The molecule has 5 rings (SSSR count). The molecule has 8 nitrogen and oxygen atoms in total. The summed E-state index contributed by atoms with van der Waals surface area (Å²) in [5, 5.41) is 0. The van der Waals surface area contributed by atoms with Gasteiger partial charge >= 0.3 is 6.03 Å². The smallest absolute Gasteiger partial charge is 0.315 e. The third-order valence-corrected chi connectivity index (χ3v) is 7.41. The molecule has 1 saturated carbocycles. The van der Waals surface area contributed by atoms with Gasteiger partial charge in [-0.15, -0.1) is 11.3 Å². The van der Waals surface area contributed by atoms with E-state index >= 15 is 0 Å². The van der Waals surface area contributed by atoms with Crippen molar-refractivity contribution < 1.29 is 14.3 Å². The molecule has 1 aliphatic rings. The van der Waals surface area contributed by atoms with Gasteiger partial charge in [-0.3, -0.25) is 19.7 Å². The summed E-state index contributed by atoms with van der Waals surface area (Å²) in [6.45, 7) is 3.05. The van der Waals surface area contributed by atoms with Crippen LogP contribution < -0.4 is 10.5 Å². The van der Waals surface area contributed by atoms with Crippen molar-refractivity contribution >= 4 is 33.4 Å². The minimum atomic E-state index is -0.430. The second-order valence-corrected chi connectivity index (χ2v) is 10.4. The van der Waals surface area contributed by atoms with Crippen LogP contribution in [0.4, 0.5) is 4.79 Å². The lowest BCUT2D eigenvalue weighted by Crippen LogP contribution is -2.35. The van der Waals surface area contributed by atoms with Crippen LogP contribution in [0.3, 0.4) is 0 Å². The molecule has 0 aliphatic heterocycles. The van der Waals surface area contributed by atoms with E-state index in [0.29, 0.717) is 43.3 Å². The lowest BCUT2D eigenvalue weighted by atomic mass is 10.1. The number of Topliss-reactive ketones (excluding diaryl/α,β-unsaturated/α-hetero) is 1. The minimum Gasteiger partial charge on any atom is -0.454 e. The zero-order valence-electron chi connectivity index (χ0n) is 20.7. The zero-order valence-corrected chi connectivity index (χ0v) is 21.5. The Morgan fingerprint density at radius 1 is 1.11 bits per heavy atom. The number of primary amides is 1. The van der Waals surface area contributed by atoms with E-state index in [4.69, 9.17) is 10.5 Å². The van der Waals surface area contributed by atoms with Crippen LogP contribution in [0.25, 0.3) is 20.8 Å². The van der Waals surface area contributed by atoms with Crippen molar-refractivity contribution in [1.82, 2.24) is 19.9 Å². The Bertz CT molecular complexity index is 1400. The van der Waals surface area contributed by atoms with Crippen molar-refractivity contribution in [2.24, 2.45) is 11.7 Å². The van der Waals surface area contributed by atoms with Crippen LogP contribution in [0.15, 0.2) is 55.0 Å². The summed E-state index contributed by atoms with van der Waals surface area (Å²) in [4.78, 5) is 39.9. The van der Waals surface area contributed by atoms with Gasteiger partial charge in [0.2, 0.25) is 0 Å². The third kappa shape index (κ3) is 6.29. The summed E-state index contributed by atoms with van der Waals surface area (Å²) in [6.07, 6.45) is 9.38. The van der Waals surface area contributed by atoms with Gasteiger partial charge in [-0.25, -0.2) is 4.79 Å². The fraction of sp³-hybridized carbons (Fsp3) is 0.321. The maximum absolute atomic E-state index is 12.1. The van der Waals surface area contributed by atoms with Crippen molar-refractivity contribution in [2.45, 2.75) is 45.6 Å². The van der Waals surface area contributed by atoms with Gasteiger partial charge in [-0.2, -0.15) is 0 Å². The number of ether oxygens (including phenoxy) is 1. The molecule has 2 amide bonds. The van der Waals surface area contributed by atoms with Gasteiger partial charge in [-0.05, 0) is 55.0 Å². The zero-order chi connectivity index (χ0) is 25.8. The average molecular weight is 516 g/mol. The highest BCUT2D eigenvalue weighted by Crippen LogP contribution is 2.38. The Labute approximate surface area is 219 Å². The Morgan fingerprint density at radius 3 is 2.65 bits per heavy atom. The number of ketones is 1. The first-order valence-corrected chi connectivity index (χ1v) is 13.3. The quantitative estimate of drug-likeness (QED) is 0.272. The lowest BCUT2D eigenvalue weighted by Gasteiger charge is -2.19. The standard InChI is InChI=1S/C28H29N5O3S/c1-2-11-33(28(29)35)17-19-5-8-23(32-15-19)26-14-24-27(37-26)25(9-10-30-24)36-22-7-6-20(31-16-22)13-21(34)12-18-3-4-18/h5-10,14-16,18H,2-4,11-13,17H2,1H3,(H2,29,35). The van der Waals surface area contributed by atoms with Gasteiger partial charge in [0.05, 0.1) is 27.0 Å². The number of urea groups is 1. The number of nitrogens with two attached hydrogens (primary N) is 1. The van der Waals surface area contributed by atoms with E-state index < -0.39 is 6.03 Å². The molecule has 2 N–H and O–H groups in total. The molecular formula is C28H29N5O3S. The molecule has 0 bridgehead atoms. The number of carbonyl (C=O) groups excluding carboxylic acids is 2. The molecule has 37 heavy (non-hydrogen) atoms. The highest BCUT2D eigenvalue weighted by molar-refractivity contribution is 7.22. The minimum absolute atomic E-state index is 0.249. The van der Waals surface area contributed by atoms with Crippen LogP contribution in [0.2, 0.25) is 0 Å². The van der Waals surface area contributed by atoms with Crippen LogP contribution in [0.5, 0.6) is 11.5 Å². The number of pyridine rings is 3. The number of fused-ring (bicyclic) bond motifs is 1. The van der Waals surface area contributed by atoms with Gasteiger partial charge in [-0.1, -0.05) is 13.0 Å². The van der Waals surface area contributed by atoms with Crippen molar-refractivity contribution in [3.05, 3.63) is 66.2 Å². The average Bonchev–Trinajstić information content (AvgIpc) is 3.59. The third-order valence-electron chi connectivity index (χ3n) is 6.25. The van der Waals surface area contributed by atoms with E-state index in [1.54, 1.807) is 34.8 Å². The first kappa shape index (κ1) is 24.8. The molecule has 190 valence electrons. The van der Waals surface area contributed by atoms with E-state index in [1.807, 2.05) is 43.3 Å². The highest BCUT2D eigenvalue weighted by Gasteiger charge is 2.24. The first-order valence-electron chi connectivity index (χ1n) is 12.5. The van der Waals surface area contributed by atoms with Crippen LogP contribution in [-0.4, -0.2) is 38.2 Å². The fourth-order valence-corrected chi connectivity index (χ4v) is 5.21. The Kier molecular flexibility index (Phi) is 7.41. The molecule has 9 heteroatoms. The molecule has 0 radical (unpaired) electrons. The monoisotopic (exact) mass is 515 g/mol.